The topological polar surface area (TPSA) is 74.6 Å². The fourth-order valence-corrected chi connectivity index (χ4v) is 3.89. The van der Waals surface area contributed by atoms with Crippen molar-refractivity contribution in [3.8, 4) is 11.3 Å². The molecule has 0 bridgehead atoms. The standard InChI is InChI=1S/C25H28ClN3O3/c1-25(2,3)29(24(31)32)16-20(17-9-6-5-7-10-17)23(30)27-18-12-13-19(21(26)15-18)22-11-8-14-28(22)4/h5-15,20H,16H2,1-4H3,(H,27,30)(H,31,32). The zero-order valence-corrected chi connectivity index (χ0v) is 19.4. The third-order valence-corrected chi connectivity index (χ3v) is 5.69. The molecule has 2 N–H and O–H groups in total. The van der Waals surface area contributed by atoms with E-state index in [2.05, 4.69) is 5.32 Å². The molecule has 3 rings (SSSR count). The van der Waals surface area contributed by atoms with Crippen LogP contribution in [0.15, 0.2) is 66.9 Å². The maximum Gasteiger partial charge on any atom is 0.407 e. The lowest BCUT2D eigenvalue weighted by molar-refractivity contribution is -0.118. The minimum atomic E-state index is -1.07. The van der Waals surface area contributed by atoms with E-state index in [1.165, 1.54) is 4.90 Å². The number of anilines is 1. The summed E-state index contributed by atoms with van der Waals surface area (Å²) in [5, 5.41) is 13.2. The van der Waals surface area contributed by atoms with Gasteiger partial charge in [0.1, 0.15) is 0 Å². The predicted molar refractivity (Wildman–Crippen MR) is 128 cm³/mol. The van der Waals surface area contributed by atoms with Crippen LogP contribution in [0.3, 0.4) is 0 Å². The van der Waals surface area contributed by atoms with Crippen LogP contribution in [-0.2, 0) is 11.8 Å². The van der Waals surface area contributed by atoms with Crippen LogP contribution in [0.1, 0.15) is 32.3 Å². The largest absolute Gasteiger partial charge is 0.465 e. The number of halogens is 1. The molecule has 1 atom stereocenters. The van der Waals surface area contributed by atoms with Crippen molar-refractivity contribution < 1.29 is 14.7 Å². The van der Waals surface area contributed by atoms with Crippen LogP contribution in [0.4, 0.5) is 10.5 Å². The molecule has 0 spiro atoms. The van der Waals surface area contributed by atoms with Gasteiger partial charge in [-0.05, 0) is 56.7 Å². The Balaban J connectivity index is 1.88. The molecule has 1 unspecified atom stereocenters. The van der Waals surface area contributed by atoms with Crippen LogP contribution in [0, 0.1) is 0 Å². The number of carbonyl (C=O) groups is 2. The second-order valence-electron chi connectivity index (χ2n) is 8.72. The summed E-state index contributed by atoms with van der Waals surface area (Å²) in [5.74, 6) is -0.979. The van der Waals surface area contributed by atoms with Gasteiger partial charge in [0.2, 0.25) is 5.91 Å². The summed E-state index contributed by atoms with van der Waals surface area (Å²) < 4.78 is 1.97. The summed E-state index contributed by atoms with van der Waals surface area (Å²) in [6.45, 7) is 5.46. The van der Waals surface area contributed by atoms with E-state index in [4.69, 9.17) is 11.6 Å². The first-order chi connectivity index (χ1) is 15.1. The molecule has 2 amide bonds. The van der Waals surface area contributed by atoms with Gasteiger partial charge in [-0.25, -0.2) is 4.79 Å². The lowest BCUT2D eigenvalue weighted by atomic mass is 9.95. The number of nitrogens with one attached hydrogen (secondary N) is 1. The Morgan fingerprint density at radius 3 is 2.31 bits per heavy atom. The third kappa shape index (κ3) is 5.32. The third-order valence-electron chi connectivity index (χ3n) is 5.38. The molecule has 0 saturated heterocycles. The lowest BCUT2D eigenvalue weighted by Gasteiger charge is -2.35. The minimum Gasteiger partial charge on any atom is -0.465 e. The van der Waals surface area contributed by atoms with Crippen LogP contribution in [0.2, 0.25) is 5.02 Å². The molecule has 0 aliphatic heterocycles. The molecule has 3 aromatic rings. The number of hydrogen-bond donors (Lipinski definition) is 2. The highest BCUT2D eigenvalue weighted by Crippen LogP contribution is 2.31. The van der Waals surface area contributed by atoms with Gasteiger partial charge in [-0.1, -0.05) is 41.9 Å². The van der Waals surface area contributed by atoms with Gasteiger partial charge in [0.25, 0.3) is 0 Å². The van der Waals surface area contributed by atoms with Gasteiger partial charge in [0.05, 0.1) is 10.9 Å². The highest BCUT2D eigenvalue weighted by molar-refractivity contribution is 6.33. The number of nitrogens with zero attached hydrogens (tertiary/aromatic N) is 2. The maximum atomic E-state index is 13.3. The Labute approximate surface area is 193 Å². The van der Waals surface area contributed by atoms with Gasteiger partial charge in [0.15, 0.2) is 0 Å². The number of aryl methyl sites for hydroxylation is 1. The number of carboxylic acid groups (broad SMARTS) is 1. The Morgan fingerprint density at radius 2 is 1.78 bits per heavy atom. The molecule has 1 aromatic heterocycles. The Bertz CT molecular complexity index is 1100. The zero-order valence-electron chi connectivity index (χ0n) is 18.7. The van der Waals surface area contributed by atoms with E-state index in [0.29, 0.717) is 10.7 Å². The maximum absolute atomic E-state index is 13.3. The van der Waals surface area contributed by atoms with Crippen LogP contribution in [0.25, 0.3) is 11.3 Å². The normalized spacial score (nSPS) is 12.3. The van der Waals surface area contributed by atoms with Crippen molar-refractivity contribution in [1.82, 2.24) is 9.47 Å². The Kier molecular flexibility index (Phi) is 6.94. The summed E-state index contributed by atoms with van der Waals surface area (Å²) in [6.07, 6.45) is 0.871. The molecule has 0 fully saturated rings. The van der Waals surface area contributed by atoms with E-state index in [-0.39, 0.29) is 12.5 Å². The summed E-state index contributed by atoms with van der Waals surface area (Å²) in [5.41, 5.74) is 2.47. The van der Waals surface area contributed by atoms with Gasteiger partial charge in [0, 0.05) is 42.3 Å². The Morgan fingerprint density at radius 1 is 1.09 bits per heavy atom. The summed E-state index contributed by atoms with van der Waals surface area (Å²) >= 11 is 6.51. The summed E-state index contributed by atoms with van der Waals surface area (Å²) in [4.78, 5) is 26.5. The SMILES string of the molecule is Cn1cccc1-c1ccc(NC(=O)C(CN(C(=O)O)C(C)(C)C)c2ccccc2)cc1Cl. The minimum absolute atomic E-state index is 0.0316. The first kappa shape index (κ1) is 23.4. The molecule has 168 valence electrons. The van der Waals surface area contributed by atoms with Crippen LogP contribution < -0.4 is 5.32 Å². The molecule has 2 aromatic carbocycles. The molecule has 6 nitrogen and oxygen atoms in total. The first-order valence-corrected chi connectivity index (χ1v) is 10.7. The van der Waals surface area contributed by atoms with E-state index in [1.807, 2.05) is 87.1 Å². The van der Waals surface area contributed by atoms with Crippen LogP contribution in [0.5, 0.6) is 0 Å². The van der Waals surface area contributed by atoms with E-state index in [1.54, 1.807) is 12.1 Å². The van der Waals surface area contributed by atoms with Crippen molar-refractivity contribution in [1.29, 1.82) is 0 Å². The lowest BCUT2D eigenvalue weighted by Crippen LogP contribution is -2.48. The average molecular weight is 454 g/mol. The first-order valence-electron chi connectivity index (χ1n) is 10.4. The van der Waals surface area contributed by atoms with E-state index >= 15 is 0 Å². The van der Waals surface area contributed by atoms with Crippen molar-refractivity contribution >= 4 is 29.3 Å². The number of hydrogen-bond acceptors (Lipinski definition) is 2. The zero-order chi connectivity index (χ0) is 23.5. The highest BCUT2D eigenvalue weighted by Gasteiger charge is 2.32. The fraction of sp³-hybridized carbons (Fsp3) is 0.280. The predicted octanol–water partition coefficient (Wildman–Crippen LogP) is 5.85. The van der Waals surface area contributed by atoms with Crippen LogP contribution in [-0.4, -0.2) is 38.7 Å². The number of carbonyl (C=O) groups excluding carboxylic acids is 1. The highest BCUT2D eigenvalue weighted by atomic mass is 35.5. The second-order valence-corrected chi connectivity index (χ2v) is 9.12. The second kappa shape index (κ2) is 9.49. The molecule has 0 radical (unpaired) electrons. The van der Waals surface area contributed by atoms with Gasteiger partial charge in [-0.15, -0.1) is 0 Å². The summed E-state index contributed by atoms with van der Waals surface area (Å²) in [6, 6.07) is 18.5. The number of amides is 2. The van der Waals surface area contributed by atoms with Crippen molar-refractivity contribution in [3.05, 3.63) is 77.4 Å². The molecule has 0 saturated carbocycles. The van der Waals surface area contributed by atoms with E-state index < -0.39 is 17.6 Å². The average Bonchev–Trinajstić information content (AvgIpc) is 3.13. The molecule has 0 aliphatic rings. The van der Waals surface area contributed by atoms with E-state index in [9.17, 15) is 14.7 Å². The molecule has 0 aliphatic carbocycles. The monoisotopic (exact) mass is 453 g/mol. The number of aromatic nitrogens is 1. The quantitative estimate of drug-likeness (QED) is 0.491. The Hall–Kier alpha value is -3.25. The van der Waals surface area contributed by atoms with Crippen molar-refractivity contribution in [2.75, 3.05) is 11.9 Å². The van der Waals surface area contributed by atoms with Gasteiger partial charge >= 0.3 is 6.09 Å². The van der Waals surface area contributed by atoms with Crippen molar-refractivity contribution in [2.45, 2.75) is 32.2 Å². The molecule has 32 heavy (non-hydrogen) atoms. The van der Waals surface area contributed by atoms with Crippen LogP contribution >= 0.6 is 11.6 Å². The van der Waals surface area contributed by atoms with Crippen molar-refractivity contribution in [3.63, 3.8) is 0 Å². The molecular formula is C25H28ClN3O3. The smallest absolute Gasteiger partial charge is 0.407 e. The number of benzene rings is 2. The molecule has 1 heterocycles. The molecular weight excluding hydrogens is 426 g/mol. The number of rotatable bonds is 6. The van der Waals surface area contributed by atoms with E-state index in [0.717, 1.165) is 16.8 Å². The van der Waals surface area contributed by atoms with Gasteiger partial charge < -0.3 is 19.9 Å². The van der Waals surface area contributed by atoms with Gasteiger partial charge in [-0.2, -0.15) is 0 Å². The fourth-order valence-electron chi connectivity index (χ4n) is 3.62. The van der Waals surface area contributed by atoms with Gasteiger partial charge in [-0.3, -0.25) is 4.79 Å². The summed E-state index contributed by atoms with van der Waals surface area (Å²) in [7, 11) is 1.94. The van der Waals surface area contributed by atoms with Crippen molar-refractivity contribution in [2.24, 2.45) is 7.05 Å². The molecule has 7 heteroatoms.